The number of aldehydes is 1. The van der Waals surface area contributed by atoms with Crippen molar-refractivity contribution in [3.8, 4) is 5.75 Å². The summed E-state index contributed by atoms with van der Waals surface area (Å²) in [7, 11) is 0. The second-order valence-corrected chi connectivity index (χ2v) is 7.04. The molecule has 0 aromatic heterocycles. The van der Waals surface area contributed by atoms with Crippen LogP contribution in [0.4, 0.5) is 4.39 Å². The van der Waals surface area contributed by atoms with Gasteiger partial charge in [0.05, 0.1) is 11.7 Å². The van der Waals surface area contributed by atoms with E-state index >= 15 is 0 Å². The van der Waals surface area contributed by atoms with E-state index in [4.69, 9.17) is 9.47 Å². The van der Waals surface area contributed by atoms with Crippen LogP contribution < -0.4 is 4.74 Å². The molecule has 2 aromatic carbocycles. The molecule has 28 heavy (non-hydrogen) atoms. The van der Waals surface area contributed by atoms with Gasteiger partial charge in [-0.3, -0.25) is 9.69 Å². The van der Waals surface area contributed by atoms with Gasteiger partial charge in [-0.05, 0) is 31.0 Å². The van der Waals surface area contributed by atoms with Crippen LogP contribution in [0.3, 0.4) is 0 Å². The number of ether oxygens (including phenoxy) is 2. The normalized spacial score (nSPS) is 17.6. The lowest BCUT2D eigenvalue weighted by Gasteiger charge is -2.27. The molecule has 1 fully saturated rings. The molecule has 5 nitrogen and oxygen atoms in total. The third kappa shape index (κ3) is 5.86. The van der Waals surface area contributed by atoms with Gasteiger partial charge in [-0.2, -0.15) is 0 Å². The highest BCUT2D eigenvalue weighted by Crippen LogP contribution is 2.18. The number of nitrogens with zero attached hydrogens (tertiary/aromatic N) is 1. The van der Waals surface area contributed by atoms with E-state index in [9.17, 15) is 14.3 Å². The molecule has 2 aromatic rings. The standard InChI is InChI=1S/C22H26FNO4/c23-21-9-3-1-6-17(21)12-24(14-20-8-5-11-27-20)13-19(26)16-28-22-10-4-2-7-18(22)15-25/h1-4,6-7,9-10,15,19-20,26H,5,8,11-14,16H2. The van der Waals surface area contributed by atoms with Gasteiger partial charge in [0.1, 0.15) is 24.3 Å². The molecular formula is C22H26FNO4. The van der Waals surface area contributed by atoms with Crippen molar-refractivity contribution in [3.63, 3.8) is 0 Å². The van der Waals surface area contributed by atoms with Gasteiger partial charge >= 0.3 is 0 Å². The Balaban J connectivity index is 1.60. The van der Waals surface area contributed by atoms with Gasteiger partial charge in [0.15, 0.2) is 6.29 Å². The number of carbonyl (C=O) groups excluding carboxylic acids is 1. The molecule has 1 heterocycles. The zero-order valence-electron chi connectivity index (χ0n) is 15.8. The first kappa shape index (κ1) is 20.5. The number of aliphatic hydroxyl groups excluding tert-OH is 1. The summed E-state index contributed by atoms with van der Waals surface area (Å²) in [6, 6.07) is 13.5. The quantitative estimate of drug-likeness (QED) is 0.635. The van der Waals surface area contributed by atoms with E-state index in [1.54, 1.807) is 42.5 Å². The maximum atomic E-state index is 14.1. The Hall–Kier alpha value is -2.28. The van der Waals surface area contributed by atoms with Gasteiger partial charge in [0.25, 0.3) is 0 Å². The zero-order valence-corrected chi connectivity index (χ0v) is 15.8. The molecule has 0 saturated carbocycles. The fourth-order valence-corrected chi connectivity index (χ4v) is 3.39. The summed E-state index contributed by atoms with van der Waals surface area (Å²) in [5, 5.41) is 10.5. The number of benzene rings is 2. The monoisotopic (exact) mass is 387 g/mol. The number of halogens is 1. The van der Waals surface area contributed by atoms with Gasteiger partial charge < -0.3 is 14.6 Å². The molecule has 0 aliphatic carbocycles. The van der Waals surface area contributed by atoms with Crippen molar-refractivity contribution < 1.29 is 23.8 Å². The van der Waals surface area contributed by atoms with Crippen LogP contribution >= 0.6 is 0 Å². The minimum atomic E-state index is -0.784. The van der Waals surface area contributed by atoms with Crippen LogP contribution in [0.25, 0.3) is 0 Å². The van der Waals surface area contributed by atoms with E-state index < -0.39 is 6.10 Å². The number of rotatable bonds is 10. The molecule has 2 atom stereocenters. The van der Waals surface area contributed by atoms with Gasteiger partial charge in [0.2, 0.25) is 0 Å². The largest absolute Gasteiger partial charge is 0.490 e. The fraction of sp³-hybridized carbons (Fsp3) is 0.409. The van der Waals surface area contributed by atoms with E-state index in [1.807, 2.05) is 4.90 Å². The number of para-hydroxylation sites is 1. The number of aliphatic hydroxyl groups is 1. The van der Waals surface area contributed by atoms with Crippen molar-refractivity contribution in [1.29, 1.82) is 0 Å². The predicted molar refractivity (Wildman–Crippen MR) is 104 cm³/mol. The van der Waals surface area contributed by atoms with Crippen LogP contribution in [-0.2, 0) is 11.3 Å². The van der Waals surface area contributed by atoms with Crippen molar-refractivity contribution in [2.24, 2.45) is 0 Å². The first-order valence-corrected chi connectivity index (χ1v) is 9.58. The van der Waals surface area contributed by atoms with Crippen LogP contribution in [0.5, 0.6) is 5.75 Å². The second-order valence-electron chi connectivity index (χ2n) is 7.04. The lowest BCUT2D eigenvalue weighted by Crippen LogP contribution is -2.39. The lowest BCUT2D eigenvalue weighted by atomic mass is 10.1. The summed E-state index contributed by atoms with van der Waals surface area (Å²) in [4.78, 5) is 13.1. The Morgan fingerprint density at radius 2 is 2.04 bits per heavy atom. The molecule has 0 spiro atoms. The van der Waals surface area contributed by atoms with E-state index in [2.05, 4.69) is 0 Å². The topological polar surface area (TPSA) is 59.0 Å². The van der Waals surface area contributed by atoms with Crippen molar-refractivity contribution in [3.05, 3.63) is 65.5 Å². The highest BCUT2D eigenvalue weighted by molar-refractivity contribution is 5.79. The van der Waals surface area contributed by atoms with Crippen LogP contribution in [0, 0.1) is 5.82 Å². The summed E-state index contributed by atoms with van der Waals surface area (Å²) in [6.07, 6.45) is 2.02. The summed E-state index contributed by atoms with van der Waals surface area (Å²) in [6.45, 7) is 2.11. The van der Waals surface area contributed by atoms with Gasteiger partial charge in [-0.15, -0.1) is 0 Å². The average molecular weight is 387 g/mol. The average Bonchev–Trinajstić information content (AvgIpc) is 3.21. The van der Waals surface area contributed by atoms with Crippen molar-refractivity contribution in [2.75, 3.05) is 26.3 Å². The molecule has 1 N–H and O–H groups in total. The highest BCUT2D eigenvalue weighted by atomic mass is 19.1. The molecule has 6 heteroatoms. The maximum absolute atomic E-state index is 14.1. The molecule has 1 aliphatic heterocycles. The Labute approximate surface area is 164 Å². The summed E-state index contributed by atoms with van der Waals surface area (Å²) in [5.74, 6) is 0.182. The van der Waals surface area contributed by atoms with Crippen molar-refractivity contribution in [1.82, 2.24) is 4.90 Å². The van der Waals surface area contributed by atoms with Crippen molar-refractivity contribution in [2.45, 2.75) is 31.6 Å². The summed E-state index contributed by atoms with van der Waals surface area (Å²) in [5.41, 5.74) is 1.03. The Morgan fingerprint density at radius 3 is 2.79 bits per heavy atom. The lowest BCUT2D eigenvalue weighted by molar-refractivity contribution is 0.0308. The second kappa shape index (κ2) is 10.3. The van der Waals surface area contributed by atoms with Gasteiger partial charge in [0, 0.05) is 31.8 Å². The minimum absolute atomic E-state index is 0.0458. The molecule has 1 saturated heterocycles. The van der Waals surface area contributed by atoms with E-state index in [0.717, 1.165) is 25.7 Å². The molecule has 0 bridgehead atoms. The summed E-state index contributed by atoms with van der Waals surface area (Å²) >= 11 is 0. The Bertz CT molecular complexity index is 764. The summed E-state index contributed by atoms with van der Waals surface area (Å²) < 4.78 is 25.4. The van der Waals surface area contributed by atoms with Crippen LogP contribution in [0.15, 0.2) is 48.5 Å². The van der Waals surface area contributed by atoms with E-state index in [1.165, 1.54) is 6.07 Å². The minimum Gasteiger partial charge on any atom is -0.490 e. The van der Waals surface area contributed by atoms with Gasteiger partial charge in [-0.1, -0.05) is 30.3 Å². The maximum Gasteiger partial charge on any atom is 0.153 e. The molecule has 3 rings (SSSR count). The Morgan fingerprint density at radius 1 is 1.25 bits per heavy atom. The molecule has 0 amide bonds. The molecule has 2 unspecified atom stereocenters. The van der Waals surface area contributed by atoms with Crippen LogP contribution in [0.1, 0.15) is 28.8 Å². The fourth-order valence-electron chi connectivity index (χ4n) is 3.39. The third-order valence-electron chi connectivity index (χ3n) is 4.78. The molecule has 1 aliphatic rings. The van der Waals surface area contributed by atoms with Crippen LogP contribution in [0.2, 0.25) is 0 Å². The number of carbonyl (C=O) groups is 1. The first-order chi connectivity index (χ1) is 13.7. The van der Waals surface area contributed by atoms with E-state index in [-0.39, 0.29) is 18.5 Å². The Kier molecular flexibility index (Phi) is 7.54. The number of hydrogen-bond acceptors (Lipinski definition) is 5. The molecule has 0 radical (unpaired) electrons. The molecular weight excluding hydrogens is 361 g/mol. The smallest absolute Gasteiger partial charge is 0.153 e. The third-order valence-corrected chi connectivity index (χ3v) is 4.78. The highest BCUT2D eigenvalue weighted by Gasteiger charge is 2.22. The SMILES string of the molecule is O=Cc1ccccc1OCC(O)CN(Cc1ccccc1F)CC1CCCO1. The first-order valence-electron chi connectivity index (χ1n) is 9.58. The molecule has 150 valence electrons. The number of hydrogen-bond donors (Lipinski definition) is 1. The van der Waals surface area contributed by atoms with Crippen LogP contribution in [-0.4, -0.2) is 54.8 Å². The van der Waals surface area contributed by atoms with E-state index in [0.29, 0.717) is 36.5 Å². The van der Waals surface area contributed by atoms with Gasteiger partial charge in [-0.25, -0.2) is 4.39 Å². The van der Waals surface area contributed by atoms with Crippen molar-refractivity contribution >= 4 is 6.29 Å². The predicted octanol–water partition coefficient (Wildman–Crippen LogP) is 3.06. The zero-order chi connectivity index (χ0) is 19.8.